The zero-order valence-corrected chi connectivity index (χ0v) is 16.7. The van der Waals surface area contributed by atoms with Gasteiger partial charge in [-0.1, -0.05) is 12.1 Å². The third kappa shape index (κ3) is 5.07. The first-order chi connectivity index (χ1) is 14.2. The van der Waals surface area contributed by atoms with Crippen molar-refractivity contribution in [3.8, 4) is 0 Å². The van der Waals surface area contributed by atoms with Crippen molar-refractivity contribution >= 4 is 17.8 Å². The summed E-state index contributed by atoms with van der Waals surface area (Å²) in [5, 5.41) is 13.8. The van der Waals surface area contributed by atoms with Gasteiger partial charge in [-0.3, -0.25) is 19.6 Å². The van der Waals surface area contributed by atoms with Gasteiger partial charge in [-0.05, 0) is 42.8 Å². The van der Waals surface area contributed by atoms with Gasteiger partial charge < -0.3 is 9.84 Å². The standard InChI is InChI=1S/C22H27N5O2/c1-17-3-2-4-19(25-17)7-5-18-6-8-21-24-15-20(27(21)16-18)22(28)23-9-10-26-11-13-29-14-12-26/h2-8,15-16,22-23,28H,9-14H2,1H3/b7-5-. The first kappa shape index (κ1) is 19.7. The maximum absolute atomic E-state index is 10.6. The first-order valence-corrected chi connectivity index (χ1v) is 9.99. The molecule has 0 bridgehead atoms. The van der Waals surface area contributed by atoms with Gasteiger partial charge >= 0.3 is 0 Å². The zero-order chi connectivity index (χ0) is 20.1. The molecule has 1 aliphatic rings. The topological polar surface area (TPSA) is 74.9 Å². The molecule has 0 spiro atoms. The van der Waals surface area contributed by atoms with Crippen LogP contribution in [0.25, 0.3) is 17.8 Å². The number of morpholine rings is 1. The predicted octanol–water partition coefficient (Wildman–Crippen LogP) is 2.12. The summed E-state index contributed by atoms with van der Waals surface area (Å²) >= 11 is 0. The van der Waals surface area contributed by atoms with Crippen molar-refractivity contribution in [1.29, 1.82) is 0 Å². The fourth-order valence-corrected chi connectivity index (χ4v) is 3.44. The molecule has 1 aliphatic heterocycles. The highest BCUT2D eigenvalue weighted by molar-refractivity contribution is 5.68. The molecular formula is C22H27N5O2. The summed E-state index contributed by atoms with van der Waals surface area (Å²) in [6, 6.07) is 9.92. The van der Waals surface area contributed by atoms with Crippen molar-refractivity contribution in [3.63, 3.8) is 0 Å². The fraction of sp³-hybridized carbons (Fsp3) is 0.364. The lowest BCUT2D eigenvalue weighted by Gasteiger charge is -2.27. The van der Waals surface area contributed by atoms with E-state index < -0.39 is 6.23 Å². The van der Waals surface area contributed by atoms with Crippen LogP contribution >= 0.6 is 0 Å². The van der Waals surface area contributed by atoms with Crippen LogP contribution in [0, 0.1) is 6.92 Å². The van der Waals surface area contributed by atoms with Crippen molar-refractivity contribution in [3.05, 3.63) is 65.4 Å². The van der Waals surface area contributed by atoms with Crippen LogP contribution in [0.3, 0.4) is 0 Å². The molecule has 1 atom stereocenters. The van der Waals surface area contributed by atoms with Gasteiger partial charge in [-0.2, -0.15) is 0 Å². The number of nitrogens with zero attached hydrogens (tertiary/aromatic N) is 4. The number of fused-ring (bicyclic) bond motifs is 1. The predicted molar refractivity (Wildman–Crippen MR) is 113 cm³/mol. The lowest BCUT2D eigenvalue weighted by molar-refractivity contribution is 0.0354. The maximum Gasteiger partial charge on any atom is 0.148 e. The monoisotopic (exact) mass is 393 g/mol. The minimum absolute atomic E-state index is 0.701. The molecule has 0 aliphatic carbocycles. The maximum atomic E-state index is 10.6. The molecule has 3 aromatic rings. The van der Waals surface area contributed by atoms with Gasteiger partial charge in [0.25, 0.3) is 0 Å². The van der Waals surface area contributed by atoms with Crippen LogP contribution in [-0.2, 0) is 4.74 Å². The van der Waals surface area contributed by atoms with E-state index in [0.717, 1.165) is 61.1 Å². The Morgan fingerprint density at radius 1 is 1.21 bits per heavy atom. The number of hydrogen-bond donors (Lipinski definition) is 2. The number of hydrogen-bond acceptors (Lipinski definition) is 6. The second-order valence-electron chi connectivity index (χ2n) is 7.22. The van der Waals surface area contributed by atoms with Crippen molar-refractivity contribution in [1.82, 2.24) is 24.6 Å². The largest absolute Gasteiger partial charge is 0.379 e. The fourth-order valence-electron chi connectivity index (χ4n) is 3.44. The molecular weight excluding hydrogens is 366 g/mol. The van der Waals surface area contributed by atoms with Crippen LogP contribution in [0.2, 0.25) is 0 Å². The summed E-state index contributed by atoms with van der Waals surface area (Å²) in [5.41, 5.74) is 4.46. The molecule has 1 saturated heterocycles. The van der Waals surface area contributed by atoms with E-state index in [2.05, 4.69) is 20.2 Å². The Labute approximate surface area is 170 Å². The molecule has 1 fully saturated rings. The minimum Gasteiger partial charge on any atom is -0.379 e. The average Bonchev–Trinajstić information content (AvgIpc) is 3.16. The number of imidazole rings is 1. The Bertz CT molecular complexity index is 978. The second-order valence-corrected chi connectivity index (χ2v) is 7.22. The molecule has 0 radical (unpaired) electrons. The number of rotatable bonds is 7. The van der Waals surface area contributed by atoms with Crippen LogP contribution in [-0.4, -0.2) is 63.8 Å². The molecule has 2 N–H and O–H groups in total. The van der Waals surface area contributed by atoms with Gasteiger partial charge in [0.15, 0.2) is 0 Å². The van der Waals surface area contributed by atoms with Crippen molar-refractivity contribution in [2.24, 2.45) is 0 Å². The molecule has 0 aromatic carbocycles. The summed E-state index contributed by atoms with van der Waals surface area (Å²) in [7, 11) is 0. The third-order valence-electron chi connectivity index (χ3n) is 5.06. The van der Waals surface area contributed by atoms with E-state index in [1.165, 1.54) is 0 Å². The van der Waals surface area contributed by atoms with Crippen molar-refractivity contribution in [2.75, 3.05) is 39.4 Å². The highest BCUT2D eigenvalue weighted by Gasteiger charge is 2.14. The van der Waals surface area contributed by atoms with E-state index in [-0.39, 0.29) is 0 Å². The Morgan fingerprint density at radius 2 is 2.07 bits per heavy atom. The van der Waals surface area contributed by atoms with E-state index in [0.29, 0.717) is 6.54 Å². The minimum atomic E-state index is -0.774. The van der Waals surface area contributed by atoms with E-state index in [1.807, 2.05) is 60.0 Å². The second kappa shape index (κ2) is 9.28. The molecule has 152 valence electrons. The summed E-state index contributed by atoms with van der Waals surface area (Å²) in [5.74, 6) is 0. The van der Waals surface area contributed by atoms with Crippen LogP contribution in [0.1, 0.15) is 28.9 Å². The van der Waals surface area contributed by atoms with Gasteiger partial charge in [-0.15, -0.1) is 0 Å². The average molecular weight is 393 g/mol. The van der Waals surface area contributed by atoms with Gasteiger partial charge in [0, 0.05) is 38.1 Å². The molecule has 1 unspecified atom stereocenters. The normalized spacial score (nSPS) is 16.6. The summed E-state index contributed by atoms with van der Waals surface area (Å²) in [6.07, 6.45) is 6.93. The number of pyridine rings is 2. The Kier molecular flexibility index (Phi) is 6.31. The zero-order valence-electron chi connectivity index (χ0n) is 16.7. The number of aryl methyl sites for hydroxylation is 1. The third-order valence-corrected chi connectivity index (χ3v) is 5.06. The molecule has 7 heteroatoms. The molecule has 7 nitrogen and oxygen atoms in total. The van der Waals surface area contributed by atoms with Crippen LogP contribution in [0.5, 0.6) is 0 Å². The van der Waals surface area contributed by atoms with Gasteiger partial charge in [0.1, 0.15) is 11.9 Å². The number of aromatic nitrogens is 3. The summed E-state index contributed by atoms with van der Waals surface area (Å²) < 4.78 is 7.29. The SMILES string of the molecule is Cc1cccc(/C=C\c2ccc3ncc(C(O)NCCN4CCOCC4)n3c2)n1. The van der Waals surface area contributed by atoms with E-state index in [4.69, 9.17) is 4.74 Å². The highest BCUT2D eigenvalue weighted by atomic mass is 16.5. The lowest BCUT2D eigenvalue weighted by Crippen LogP contribution is -2.41. The van der Waals surface area contributed by atoms with E-state index in [1.54, 1.807) is 6.20 Å². The van der Waals surface area contributed by atoms with E-state index in [9.17, 15) is 5.11 Å². The number of aliphatic hydroxyl groups is 1. The lowest BCUT2D eigenvalue weighted by atomic mass is 10.2. The van der Waals surface area contributed by atoms with E-state index >= 15 is 0 Å². The van der Waals surface area contributed by atoms with Crippen LogP contribution in [0.15, 0.2) is 42.7 Å². The first-order valence-electron chi connectivity index (χ1n) is 9.99. The van der Waals surface area contributed by atoms with Crippen LogP contribution < -0.4 is 5.32 Å². The van der Waals surface area contributed by atoms with Crippen molar-refractivity contribution in [2.45, 2.75) is 13.2 Å². The summed E-state index contributed by atoms with van der Waals surface area (Å²) in [6.45, 7) is 7.02. The number of ether oxygens (including phenoxy) is 1. The van der Waals surface area contributed by atoms with Crippen LogP contribution in [0.4, 0.5) is 0 Å². The quantitative estimate of drug-likeness (QED) is 0.599. The van der Waals surface area contributed by atoms with Gasteiger partial charge in [0.2, 0.25) is 0 Å². The number of aliphatic hydroxyl groups excluding tert-OH is 1. The van der Waals surface area contributed by atoms with Gasteiger partial charge in [0.05, 0.1) is 30.8 Å². The molecule has 0 amide bonds. The molecule has 0 saturated carbocycles. The number of nitrogens with one attached hydrogen (secondary N) is 1. The Hall–Kier alpha value is -2.58. The smallest absolute Gasteiger partial charge is 0.148 e. The summed E-state index contributed by atoms with van der Waals surface area (Å²) in [4.78, 5) is 11.2. The highest BCUT2D eigenvalue weighted by Crippen LogP contribution is 2.16. The molecule has 4 rings (SSSR count). The van der Waals surface area contributed by atoms with Crippen molar-refractivity contribution < 1.29 is 9.84 Å². The molecule has 4 heterocycles. The van der Waals surface area contributed by atoms with Gasteiger partial charge in [-0.25, -0.2) is 4.98 Å². The molecule has 29 heavy (non-hydrogen) atoms. The Balaban J connectivity index is 1.43. The molecule has 3 aromatic heterocycles. The Morgan fingerprint density at radius 3 is 2.90 bits per heavy atom.